The summed E-state index contributed by atoms with van der Waals surface area (Å²) in [6, 6.07) is 0. The molecule has 0 aliphatic rings. The van der Waals surface area contributed by atoms with Crippen molar-refractivity contribution in [2.24, 2.45) is 0 Å². The van der Waals surface area contributed by atoms with Crippen LogP contribution in [0.15, 0.2) is 18.2 Å². The largest absolute Gasteiger partial charge is 0.353 e. The van der Waals surface area contributed by atoms with Gasteiger partial charge in [-0.2, -0.15) is 0 Å². The van der Waals surface area contributed by atoms with Gasteiger partial charge < -0.3 is 9.47 Å². The van der Waals surface area contributed by atoms with Gasteiger partial charge in [0.1, 0.15) is 0 Å². The molecule has 0 fully saturated rings. The molecule has 0 unspecified atom stereocenters. The van der Waals surface area contributed by atoms with Gasteiger partial charge in [0, 0.05) is 13.2 Å². The Morgan fingerprint density at radius 1 is 0.870 bits per heavy atom. The molecule has 0 heterocycles. The molecule has 0 aliphatic carbocycles. The lowest BCUT2D eigenvalue weighted by atomic mass is 10.2. The van der Waals surface area contributed by atoms with Crippen molar-refractivity contribution in [1.29, 1.82) is 0 Å². The Balaban J connectivity index is 3.84. The molecule has 2 nitrogen and oxygen atoms in total. The second-order valence-electron chi connectivity index (χ2n) is 5.73. The fourth-order valence-corrected chi connectivity index (χ4v) is 2.16. The average molecular weight is 320 g/mol. The summed E-state index contributed by atoms with van der Waals surface area (Å²) in [5, 5.41) is 0. The molecule has 0 aromatic rings. The van der Waals surface area contributed by atoms with Gasteiger partial charge in [0.05, 0.1) is 0 Å². The molecular formula is C21H35O2. The monoisotopic (exact) mass is 319 g/mol. The van der Waals surface area contributed by atoms with E-state index < -0.39 is 0 Å². The van der Waals surface area contributed by atoms with Gasteiger partial charge in [0.25, 0.3) is 0 Å². The number of rotatable bonds is 15. The van der Waals surface area contributed by atoms with E-state index in [9.17, 15) is 0 Å². The van der Waals surface area contributed by atoms with Crippen molar-refractivity contribution in [3.05, 3.63) is 24.8 Å². The second-order valence-corrected chi connectivity index (χ2v) is 5.73. The molecule has 0 spiro atoms. The van der Waals surface area contributed by atoms with Gasteiger partial charge in [-0.25, -0.2) is 0 Å². The van der Waals surface area contributed by atoms with Crippen molar-refractivity contribution in [2.45, 2.75) is 84.3 Å². The van der Waals surface area contributed by atoms with Gasteiger partial charge in [-0.1, -0.05) is 64.0 Å². The summed E-state index contributed by atoms with van der Waals surface area (Å²) >= 11 is 0. The van der Waals surface area contributed by atoms with Crippen LogP contribution in [0.1, 0.15) is 78.1 Å². The third-order valence-corrected chi connectivity index (χ3v) is 3.53. The lowest BCUT2D eigenvalue weighted by Crippen LogP contribution is -2.19. The maximum Gasteiger partial charge on any atom is 0.157 e. The Morgan fingerprint density at radius 2 is 1.52 bits per heavy atom. The summed E-state index contributed by atoms with van der Waals surface area (Å²) in [5.74, 6) is 5.55. The minimum atomic E-state index is -0.0284. The van der Waals surface area contributed by atoms with Gasteiger partial charge in [-0.3, -0.25) is 0 Å². The van der Waals surface area contributed by atoms with Gasteiger partial charge in [-0.05, 0) is 50.7 Å². The summed E-state index contributed by atoms with van der Waals surface area (Å²) in [6.07, 6.45) is 16.7. The Bertz CT molecular complexity index is 323. The molecule has 0 rings (SSSR count). The van der Waals surface area contributed by atoms with E-state index in [1.807, 2.05) is 6.08 Å². The standard InChI is InChI=1S/C21H35O2/c1-4-7-10-11-12-13-14-15-18-21(22-19-16-8-5-2)23-20-17-9-6-3/h1,4,11-12,21H,5-6,8-9,13-20H2,2-3H3/b4-1?,12-11-. The average Bonchev–Trinajstić information content (AvgIpc) is 2.57. The maximum absolute atomic E-state index is 5.90. The summed E-state index contributed by atoms with van der Waals surface area (Å²) in [6.45, 7) is 11.2. The highest BCUT2D eigenvalue weighted by molar-refractivity contribution is 5.21. The lowest BCUT2D eigenvalue weighted by molar-refractivity contribution is -0.147. The molecule has 23 heavy (non-hydrogen) atoms. The quantitative estimate of drug-likeness (QED) is 0.215. The van der Waals surface area contributed by atoms with Crippen LogP contribution in [0.5, 0.6) is 0 Å². The Hall–Kier alpha value is -1.04. The van der Waals surface area contributed by atoms with E-state index in [1.165, 1.54) is 31.8 Å². The minimum absolute atomic E-state index is 0.0284. The highest BCUT2D eigenvalue weighted by Gasteiger charge is 2.08. The van der Waals surface area contributed by atoms with Crippen LogP contribution in [-0.4, -0.2) is 19.5 Å². The van der Waals surface area contributed by atoms with Gasteiger partial charge in [-0.15, -0.1) is 0 Å². The normalized spacial score (nSPS) is 10.9. The summed E-state index contributed by atoms with van der Waals surface area (Å²) in [7, 11) is 0. The van der Waals surface area contributed by atoms with Crippen molar-refractivity contribution < 1.29 is 9.47 Å². The van der Waals surface area contributed by atoms with E-state index in [4.69, 9.17) is 16.1 Å². The van der Waals surface area contributed by atoms with Crippen LogP contribution in [-0.2, 0) is 9.47 Å². The number of hydrogen-bond acceptors (Lipinski definition) is 2. The van der Waals surface area contributed by atoms with Crippen molar-refractivity contribution in [3.63, 3.8) is 0 Å². The second kappa shape index (κ2) is 19.0. The van der Waals surface area contributed by atoms with Crippen molar-refractivity contribution in [1.82, 2.24) is 0 Å². The first-order valence-corrected chi connectivity index (χ1v) is 9.27. The summed E-state index contributed by atoms with van der Waals surface area (Å²) < 4.78 is 11.8. The molecule has 0 amide bonds. The van der Waals surface area contributed by atoms with E-state index >= 15 is 0 Å². The van der Waals surface area contributed by atoms with Gasteiger partial charge in [0.15, 0.2) is 6.29 Å². The molecular weight excluding hydrogens is 284 g/mol. The first-order valence-electron chi connectivity index (χ1n) is 9.27. The van der Waals surface area contributed by atoms with Crippen LogP contribution >= 0.6 is 0 Å². The predicted octanol–water partition coefficient (Wildman–Crippen LogP) is 5.84. The van der Waals surface area contributed by atoms with Crippen LogP contribution in [0.25, 0.3) is 0 Å². The Kier molecular flexibility index (Phi) is 18.1. The van der Waals surface area contributed by atoms with Crippen LogP contribution in [0, 0.1) is 18.4 Å². The number of unbranched alkanes of at least 4 members (excludes halogenated alkanes) is 6. The molecule has 0 N–H and O–H groups in total. The first-order chi connectivity index (χ1) is 11.3. The van der Waals surface area contributed by atoms with Crippen molar-refractivity contribution >= 4 is 0 Å². The zero-order chi connectivity index (χ0) is 17.0. The van der Waals surface area contributed by atoms with Crippen molar-refractivity contribution in [2.75, 3.05) is 13.2 Å². The van der Waals surface area contributed by atoms with E-state index in [0.29, 0.717) is 0 Å². The minimum Gasteiger partial charge on any atom is -0.353 e. The molecule has 0 atom stereocenters. The Labute approximate surface area is 144 Å². The first kappa shape index (κ1) is 22.0. The number of allylic oxidation sites excluding steroid dienone is 3. The lowest BCUT2D eigenvalue weighted by Gasteiger charge is -2.18. The van der Waals surface area contributed by atoms with Gasteiger partial charge >= 0.3 is 0 Å². The Morgan fingerprint density at radius 3 is 2.09 bits per heavy atom. The number of hydrogen-bond donors (Lipinski definition) is 0. The molecule has 0 aromatic heterocycles. The summed E-state index contributed by atoms with van der Waals surface area (Å²) in [5.41, 5.74) is 0. The molecule has 131 valence electrons. The fourth-order valence-electron chi connectivity index (χ4n) is 2.16. The number of ether oxygens (including phenoxy) is 2. The molecule has 0 saturated carbocycles. The van der Waals surface area contributed by atoms with E-state index in [2.05, 4.69) is 31.8 Å². The van der Waals surface area contributed by atoms with Crippen LogP contribution < -0.4 is 0 Å². The van der Waals surface area contributed by atoms with E-state index in [-0.39, 0.29) is 6.29 Å². The molecule has 2 heteroatoms. The highest BCUT2D eigenvalue weighted by Crippen LogP contribution is 2.11. The highest BCUT2D eigenvalue weighted by atomic mass is 16.7. The molecule has 0 aromatic carbocycles. The van der Waals surface area contributed by atoms with E-state index in [0.717, 1.165) is 51.7 Å². The zero-order valence-corrected chi connectivity index (χ0v) is 15.2. The third-order valence-electron chi connectivity index (χ3n) is 3.53. The molecule has 0 bridgehead atoms. The smallest absolute Gasteiger partial charge is 0.157 e. The zero-order valence-electron chi connectivity index (χ0n) is 15.2. The molecule has 0 saturated heterocycles. The van der Waals surface area contributed by atoms with Crippen molar-refractivity contribution in [3.8, 4) is 11.8 Å². The summed E-state index contributed by atoms with van der Waals surface area (Å²) in [4.78, 5) is 0. The van der Waals surface area contributed by atoms with Gasteiger partial charge in [0.2, 0.25) is 0 Å². The van der Waals surface area contributed by atoms with Crippen LogP contribution in [0.4, 0.5) is 0 Å². The maximum atomic E-state index is 5.90. The molecule has 0 aliphatic heterocycles. The SMILES string of the molecule is [CH]=CC#C/C=C\CCCCC(OCCCCC)OCCCCC. The third kappa shape index (κ3) is 17.2. The van der Waals surface area contributed by atoms with E-state index in [1.54, 1.807) is 0 Å². The molecule has 1 radical (unpaired) electrons. The fraction of sp³-hybridized carbons (Fsp3) is 0.714. The van der Waals surface area contributed by atoms with Crippen LogP contribution in [0.3, 0.4) is 0 Å². The van der Waals surface area contributed by atoms with Crippen LogP contribution in [0.2, 0.25) is 0 Å². The topological polar surface area (TPSA) is 18.5 Å². The predicted molar refractivity (Wildman–Crippen MR) is 99.0 cm³/mol.